The molecule has 1 aromatic rings. The number of carbonyl (C=O) groups is 1. The molecule has 0 radical (unpaired) electrons. The molecule has 106 valence electrons. The standard InChI is InChI=1S/C18H24OSi/c1-15(18(19)16-10-6-4-7-11-16)14-20(2,3)17-12-8-5-9-13-17/h5,8-10,12-13H,1,4,6-7,11,14H2,2-3H3. The van der Waals surface area contributed by atoms with Crippen LogP contribution in [0.5, 0.6) is 0 Å². The van der Waals surface area contributed by atoms with Gasteiger partial charge in [-0.2, -0.15) is 0 Å². The fourth-order valence-corrected chi connectivity index (χ4v) is 5.40. The van der Waals surface area contributed by atoms with E-state index in [1.165, 1.54) is 11.6 Å². The van der Waals surface area contributed by atoms with Crippen molar-refractivity contribution in [3.8, 4) is 0 Å². The van der Waals surface area contributed by atoms with Crippen LogP contribution in [0.25, 0.3) is 0 Å². The van der Waals surface area contributed by atoms with Gasteiger partial charge < -0.3 is 0 Å². The minimum atomic E-state index is -1.62. The molecule has 1 nitrogen and oxygen atoms in total. The van der Waals surface area contributed by atoms with Crippen molar-refractivity contribution < 1.29 is 4.79 Å². The van der Waals surface area contributed by atoms with Gasteiger partial charge in [0.2, 0.25) is 0 Å². The first-order valence-corrected chi connectivity index (χ1v) is 10.7. The van der Waals surface area contributed by atoms with Gasteiger partial charge in [-0.3, -0.25) is 4.79 Å². The van der Waals surface area contributed by atoms with E-state index in [9.17, 15) is 4.79 Å². The largest absolute Gasteiger partial charge is 0.289 e. The van der Waals surface area contributed by atoms with Gasteiger partial charge in [-0.1, -0.05) is 61.3 Å². The highest BCUT2D eigenvalue weighted by molar-refractivity contribution is 6.90. The zero-order valence-corrected chi connectivity index (χ0v) is 13.6. The van der Waals surface area contributed by atoms with E-state index in [-0.39, 0.29) is 5.78 Å². The molecule has 0 saturated heterocycles. The average Bonchev–Trinajstić information content (AvgIpc) is 2.48. The molecule has 0 N–H and O–H groups in total. The van der Waals surface area contributed by atoms with Crippen molar-refractivity contribution >= 4 is 19.0 Å². The number of Topliss-reactive ketones (excluding diaryl/α,β-unsaturated/α-hetero) is 1. The van der Waals surface area contributed by atoms with Gasteiger partial charge in [0, 0.05) is 0 Å². The number of rotatable bonds is 5. The molecule has 20 heavy (non-hydrogen) atoms. The lowest BCUT2D eigenvalue weighted by Gasteiger charge is -2.24. The Hall–Kier alpha value is -1.41. The Kier molecular flexibility index (Phi) is 4.76. The molecule has 2 heteroatoms. The van der Waals surface area contributed by atoms with Gasteiger partial charge in [-0.15, -0.1) is 0 Å². The molecule has 0 fully saturated rings. The van der Waals surface area contributed by atoms with E-state index >= 15 is 0 Å². The van der Waals surface area contributed by atoms with E-state index in [2.05, 4.69) is 50.0 Å². The topological polar surface area (TPSA) is 17.1 Å². The lowest BCUT2D eigenvalue weighted by atomic mass is 9.94. The summed E-state index contributed by atoms with van der Waals surface area (Å²) in [5, 5.41) is 1.39. The predicted molar refractivity (Wildman–Crippen MR) is 89.1 cm³/mol. The van der Waals surface area contributed by atoms with Gasteiger partial charge in [0.1, 0.15) is 0 Å². The van der Waals surface area contributed by atoms with Crippen LogP contribution in [0.4, 0.5) is 0 Å². The van der Waals surface area contributed by atoms with E-state index in [1.807, 2.05) is 6.07 Å². The Balaban J connectivity index is 2.07. The summed E-state index contributed by atoms with van der Waals surface area (Å²) in [5.41, 5.74) is 1.80. The van der Waals surface area contributed by atoms with Crippen molar-refractivity contribution in [1.82, 2.24) is 0 Å². The number of ketones is 1. The molecule has 0 saturated carbocycles. The van der Waals surface area contributed by atoms with Crippen molar-refractivity contribution in [2.45, 2.75) is 44.8 Å². The minimum absolute atomic E-state index is 0.209. The molecule has 0 aromatic heterocycles. The summed E-state index contributed by atoms with van der Waals surface area (Å²) in [5.74, 6) is 0.209. The summed E-state index contributed by atoms with van der Waals surface area (Å²) in [6, 6.07) is 11.4. The van der Waals surface area contributed by atoms with Crippen LogP contribution in [0.1, 0.15) is 25.7 Å². The summed E-state index contributed by atoms with van der Waals surface area (Å²) < 4.78 is 0. The van der Waals surface area contributed by atoms with E-state index in [0.29, 0.717) is 0 Å². The SMILES string of the molecule is C=C(C[Si](C)(C)c1ccccc1)C(=O)C1=CCCCC1. The van der Waals surface area contributed by atoms with Gasteiger partial charge in [-0.25, -0.2) is 0 Å². The van der Waals surface area contributed by atoms with Crippen LogP contribution < -0.4 is 5.19 Å². The molecular weight excluding hydrogens is 260 g/mol. The van der Waals surface area contributed by atoms with E-state index in [1.54, 1.807) is 0 Å². The van der Waals surface area contributed by atoms with E-state index in [4.69, 9.17) is 0 Å². The minimum Gasteiger partial charge on any atom is -0.289 e. The van der Waals surface area contributed by atoms with Crippen molar-refractivity contribution in [1.29, 1.82) is 0 Å². The van der Waals surface area contributed by atoms with Crippen molar-refractivity contribution in [3.63, 3.8) is 0 Å². The Labute approximate surface area is 123 Å². The fourth-order valence-electron chi connectivity index (χ4n) is 2.88. The smallest absolute Gasteiger partial charge is 0.183 e. The molecule has 0 spiro atoms. The third kappa shape index (κ3) is 3.57. The van der Waals surface area contributed by atoms with Crippen molar-refractivity contribution in [3.05, 3.63) is 54.1 Å². The van der Waals surface area contributed by atoms with E-state index < -0.39 is 8.07 Å². The molecule has 1 aromatic carbocycles. The lowest BCUT2D eigenvalue weighted by Crippen LogP contribution is -2.42. The lowest BCUT2D eigenvalue weighted by molar-refractivity contribution is -0.112. The number of hydrogen-bond donors (Lipinski definition) is 0. The second kappa shape index (κ2) is 6.36. The summed E-state index contributed by atoms with van der Waals surface area (Å²) in [6.07, 6.45) is 6.46. The predicted octanol–water partition coefficient (Wildman–Crippen LogP) is 4.23. The first-order chi connectivity index (χ1) is 9.50. The van der Waals surface area contributed by atoms with Crippen LogP contribution in [0.2, 0.25) is 19.1 Å². The summed E-state index contributed by atoms with van der Waals surface area (Å²) in [4.78, 5) is 12.5. The fraction of sp³-hybridized carbons (Fsp3) is 0.389. The van der Waals surface area contributed by atoms with Crippen molar-refractivity contribution in [2.75, 3.05) is 0 Å². The van der Waals surface area contributed by atoms with Crippen molar-refractivity contribution in [2.24, 2.45) is 0 Å². The maximum absolute atomic E-state index is 12.5. The Morgan fingerprint density at radius 1 is 1.20 bits per heavy atom. The highest BCUT2D eigenvalue weighted by Gasteiger charge is 2.27. The third-order valence-electron chi connectivity index (χ3n) is 4.11. The zero-order valence-electron chi connectivity index (χ0n) is 12.6. The monoisotopic (exact) mass is 284 g/mol. The maximum Gasteiger partial charge on any atom is 0.183 e. The van der Waals surface area contributed by atoms with Crippen LogP contribution >= 0.6 is 0 Å². The molecular formula is C18H24OSi. The Bertz CT molecular complexity index is 526. The second-order valence-corrected chi connectivity index (χ2v) is 11.0. The van der Waals surface area contributed by atoms with E-state index in [0.717, 1.165) is 36.5 Å². The van der Waals surface area contributed by atoms with Crippen LogP contribution in [0.3, 0.4) is 0 Å². The second-order valence-electron chi connectivity index (χ2n) is 6.33. The van der Waals surface area contributed by atoms with Gasteiger partial charge in [0.05, 0.1) is 8.07 Å². The number of benzene rings is 1. The average molecular weight is 284 g/mol. The molecule has 0 aliphatic heterocycles. The van der Waals surface area contributed by atoms with Crippen LogP contribution in [0, 0.1) is 0 Å². The zero-order chi connectivity index (χ0) is 14.6. The summed E-state index contributed by atoms with van der Waals surface area (Å²) in [7, 11) is -1.62. The molecule has 2 rings (SSSR count). The third-order valence-corrected chi connectivity index (χ3v) is 7.32. The quantitative estimate of drug-likeness (QED) is 0.584. The molecule has 1 aliphatic rings. The molecule has 0 amide bonds. The maximum atomic E-state index is 12.5. The van der Waals surface area contributed by atoms with Gasteiger partial charge in [0.25, 0.3) is 0 Å². The van der Waals surface area contributed by atoms with Crippen LogP contribution in [-0.2, 0) is 4.79 Å². The number of hydrogen-bond acceptors (Lipinski definition) is 1. The molecule has 0 unspecified atom stereocenters. The molecule has 1 aliphatic carbocycles. The molecule has 0 atom stereocenters. The van der Waals surface area contributed by atoms with Gasteiger partial charge >= 0.3 is 0 Å². The van der Waals surface area contributed by atoms with Gasteiger partial charge in [0.15, 0.2) is 5.78 Å². The highest BCUT2D eigenvalue weighted by Crippen LogP contribution is 2.24. The van der Waals surface area contributed by atoms with Gasteiger partial charge in [-0.05, 0) is 42.9 Å². The van der Waals surface area contributed by atoms with Crippen LogP contribution in [-0.4, -0.2) is 13.9 Å². The Morgan fingerprint density at radius 3 is 2.50 bits per heavy atom. The first-order valence-electron chi connectivity index (χ1n) is 7.48. The molecule has 0 bridgehead atoms. The number of allylic oxidation sites excluding steroid dienone is 3. The normalized spacial score (nSPS) is 15.6. The molecule has 0 heterocycles. The van der Waals surface area contributed by atoms with Crippen LogP contribution in [0.15, 0.2) is 54.1 Å². The number of carbonyl (C=O) groups excluding carboxylic acids is 1. The first kappa shape index (κ1) is 15.0. The summed E-state index contributed by atoms with van der Waals surface area (Å²) in [6.45, 7) is 8.72. The highest BCUT2D eigenvalue weighted by atomic mass is 28.3. The Morgan fingerprint density at radius 2 is 1.90 bits per heavy atom. The summed E-state index contributed by atoms with van der Waals surface area (Å²) >= 11 is 0.